The van der Waals surface area contributed by atoms with Crippen LogP contribution in [0.5, 0.6) is 0 Å². The summed E-state index contributed by atoms with van der Waals surface area (Å²) in [5, 5.41) is 3.85. The second-order valence-electron chi connectivity index (χ2n) is 10.2. The van der Waals surface area contributed by atoms with E-state index in [1.165, 1.54) is 51.0 Å². The van der Waals surface area contributed by atoms with E-state index in [4.69, 9.17) is 4.84 Å². The normalized spacial score (nSPS) is 30.5. The molecule has 0 spiro atoms. The van der Waals surface area contributed by atoms with Crippen LogP contribution < -0.4 is 0 Å². The first-order valence-electron chi connectivity index (χ1n) is 11.1. The van der Waals surface area contributed by atoms with Crippen molar-refractivity contribution >= 4 is 11.7 Å². The maximum absolute atomic E-state index is 10.8. The van der Waals surface area contributed by atoms with Crippen molar-refractivity contribution in [2.75, 3.05) is 0 Å². The lowest BCUT2D eigenvalue weighted by Gasteiger charge is -2.57. The molecule has 0 radical (unpaired) electrons. The van der Waals surface area contributed by atoms with Crippen LogP contribution in [-0.2, 0) is 9.63 Å². The lowest BCUT2D eigenvalue weighted by molar-refractivity contribution is -0.140. The number of carbonyl (C=O) groups is 1. The summed E-state index contributed by atoms with van der Waals surface area (Å²) in [5.74, 6) is 1.16. The number of fused-ring (bicyclic) bond motifs is 1. The topological polar surface area (TPSA) is 38.7 Å². The summed E-state index contributed by atoms with van der Waals surface area (Å²) in [6, 6.07) is 0. The average Bonchev–Trinajstić information content (AvgIpc) is 2.58. The fourth-order valence-corrected chi connectivity index (χ4v) is 5.88. The van der Waals surface area contributed by atoms with Crippen LogP contribution in [0.4, 0.5) is 0 Å². The summed E-state index contributed by atoms with van der Waals surface area (Å²) < 4.78 is 0. The van der Waals surface area contributed by atoms with Gasteiger partial charge >= 0.3 is 5.97 Å². The first kappa shape index (κ1) is 22.9. The average molecular weight is 388 g/mol. The van der Waals surface area contributed by atoms with Crippen LogP contribution in [0.2, 0.25) is 0 Å². The number of rotatable bonds is 7. The van der Waals surface area contributed by atoms with Gasteiger partial charge in [-0.15, -0.1) is 0 Å². The SMILES string of the molecule is CC(=O)O/N=C(/C)CC/C=C(/C)CC[C@@H]1C(C)=CC[C@@H]2C(C)(C)CCC[C@]12C. The zero-order chi connectivity index (χ0) is 20.9. The van der Waals surface area contributed by atoms with Crippen molar-refractivity contribution in [3.8, 4) is 0 Å². The molecule has 2 aliphatic rings. The van der Waals surface area contributed by atoms with Crippen molar-refractivity contribution in [2.45, 2.75) is 99.8 Å². The highest BCUT2D eigenvalue weighted by atomic mass is 16.7. The monoisotopic (exact) mass is 387 g/mol. The molecule has 158 valence electrons. The quantitative estimate of drug-likeness (QED) is 0.200. The molecule has 3 atom stereocenters. The van der Waals surface area contributed by atoms with E-state index in [0.717, 1.165) is 24.5 Å². The van der Waals surface area contributed by atoms with E-state index in [9.17, 15) is 4.79 Å². The van der Waals surface area contributed by atoms with Gasteiger partial charge in [0.05, 0.1) is 5.71 Å². The summed E-state index contributed by atoms with van der Waals surface area (Å²) in [5.41, 5.74) is 4.87. The van der Waals surface area contributed by atoms with E-state index in [1.54, 1.807) is 5.57 Å². The van der Waals surface area contributed by atoms with E-state index in [2.05, 4.69) is 51.9 Å². The molecule has 2 rings (SSSR count). The van der Waals surface area contributed by atoms with Crippen molar-refractivity contribution < 1.29 is 9.63 Å². The Kier molecular flexibility index (Phi) is 7.70. The van der Waals surface area contributed by atoms with Crippen LogP contribution in [-0.4, -0.2) is 11.7 Å². The van der Waals surface area contributed by atoms with E-state index >= 15 is 0 Å². The molecule has 28 heavy (non-hydrogen) atoms. The standard InChI is InChI=1S/C25H41NO2/c1-18(10-8-11-20(3)26-28-21(4)27)12-14-22-19(2)13-15-23-24(5,6)16-9-17-25(22,23)7/h10,13,22-23H,8-9,11-12,14-17H2,1-7H3/b18-10-,26-20-/t22-,23-,25-/m1/s1. The van der Waals surface area contributed by atoms with Gasteiger partial charge in [0.2, 0.25) is 0 Å². The molecule has 0 aromatic carbocycles. The zero-order valence-corrected chi connectivity index (χ0v) is 19.2. The number of carbonyl (C=O) groups excluding carboxylic acids is 1. The van der Waals surface area contributed by atoms with Gasteiger partial charge in [0.15, 0.2) is 0 Å². The van der Waals surface area contributed by atoms with Gasteiger partial charge in [-0.1, -0.05) is 55.6 Å². The Bertz CT molecular complexity index is 655. The first-order valence-corrected chi connectivity index (χ1v) is 11.1. The van der Waals surface area contributed by atoms with Gasteiger partial charge in [0.25, 0.3) is 0 Å². The minimum Gasteiger partial charge on any atom is -0.319 e. The molecule has 3 heteroatoms. The highest BCUT2D eigenvalue weighted by Gasteiger charge is 2.51. The molecule has 0 amide bonds. The summed E-state index contributed by atoms with van der Waals surface area (Å²) in [7, 11) is 0. The van der Waals surface area contributed by atoms with E-state index in [1.807, 2.05) is 6.92 Å². The number of allylic oxidation sites excluding steroid dienone is 4. The number of nitrogens with zero attached hydrogens (tertiary/aromatic N) is 1. The predicted molar refractivity (Wildman–Crippen MR) is 118 cm³/mol. The first-order chi connectivity index (χ1) is 13.1. The summed E-state index contributed by atoms with van der Waals surface area (Å²) in [6.07, 6.45) is 14.5. The van der Waals surface area contributed by atoms with Gasteiger partial charge < -0.3 is 4.84 Å². The molecule has 3 nitrogen and oxygen atoms in total. The van der Waals surface area contributed by atoms with Gasteiger partial charge in [-0.25, -0.2) is 4.79 Å². The van der Waals surface area contributed by atoms with Gasteiger partial charge in [0.1, 0.15) is 0 Å². The summed E-state index contributed by atoms with van der Waals surface area (Å²) in [6.45, 7) is 15.5. The zero-order valence-electron chi connectivity index (χ0n) is 19.2. The molecule has 0 bridgehead atoms. The highest BCUT2D eigenvalue weighted by Crippen LogP contribution is 2.60. The van der Waals surface area contributed by atoms with E-state index in [-0.39, 0.29) is 5.97 Å². The van der Waals surface area contributed by atoms with E-state index < -0.39 is 0 Å². The Hall–Kier alpha value is -1.38. The lowest BCUT2D eigenvalue weighted by Crippen LogP contribution is -2.48. The minimum absolute atomic E-state index is 0.361. The highest BCUT2D eigenvalue weighted by molar-refractivity contribution is 5.82. The predicted octanol–water partition coefficient (Wildman–Crippen LogP) is 7.23. The maximum Gasteiger partial charge on any atom is 0.331 e. The molecule has 2 aliphatic carbocycles. The van der Waals surface area contributed by atoms with Crippen LogP contribution in [0.15, 0.2) is 28.5 Å². The number of hydrogen-bond donors (Lipinski definition) is 0. The third kappa shape index (κ3) is 5.58. The molecule has 0 aliphatic heterocycles. The van der Waals surface area contributed by atoms with Gasteiger partial charge in [-0.3, -0.25) is 0 Å². The fraction of sp³-hybridized carbons (Fsp3) is 0.760. The van der Waals surface area contributed by atoms with Gasteiger partial charge in [0, 0.05) is 6.92 Å². The molecule has 0 saturated heterocycles. The Morgan fingerprint density at radius 2 is 1.93 bits per heavy atom. The van der Waals surface area contributed by atoms with Crippen molar-refractivity contribution in [3.63, 3.8) is 0 Å². The van der Waals surface area contributed by atoms with Crippen molar-refractivity contribution in [2.24, 2.45) is 27.8 Å². The molecular weight excluding hydrogens is 346 g/mol. The summed E-state index contributed by atoms with van der Waals surface area (Å²) in [4.78, 5) is 15.5. The van der Waals surface area contributed by atoms with Crippen LogP contribution >= 0.6 is 0 Å². The molecule has 1 fully saturated rings. The van der Waals surface area contributed by atoms with Crippen molar-refractivity contribution in [1.29, 1.82) is 0 Å². The minimum atomic E-state index is -0.361. The van der Waals surface area contributed by atoms with Gasteiger partial charge in [-0.2, -0.15) is 0 Å². The maximum atomic E-state index is 10.8. The molecular formula is C25H41NO2. The van der Waals surface area contributed by atoms with Gasteiger partial charge in [-0.05, 0) is 88.4 Å². The second-order valence-corrected chi connectivity index (χ2v) is 10.2. The Morgan fingerprint density at radius 1 is 1.21 bits per heavy atom. The molecule has 0 N–H and O–H groups in total. The molecule has 0 aromatic rings. The molecule has 0 heterocycles. The van der Waals surface area contributed by atoms with Crippen LogP contribution in [0.1, 0.15) is 99.8 Å². The number of oxime groups is 1. The Morgan fingerprint density at radius 3 is 2.61 bits per heavy atom. The Balaban J connectivity index is 1.95. The fourth-order valence-electron chi connectivity index (χ4n) is 5.88. The smallest absolute Gasteiger partial charge is 0.319 e. The van der Waals surface area contributed by atoms with Crippen LogP contribution in [0.3, 0.4) is 0 Å². The molecule has 0 aromatic heterocycles. The third-order valence-corrected chi connectivity index (χ3v) is 7.45. The second kappa shape index (κ2) is 9.41. The van der Waals surface area contributed by atoms with Crippen molar-refractivity contribution in [3.05, 3.63) is 23.3 Å². The molecule has 0 unspecified atom stereocenters. The number of hydrogen-bond acceptors (Lipinski definition) is 3. The lowest BCUT2D eigenvalue weighted by atomic mass is 9.48. The largest absolute Gasteiger partial charge is 0.331 e. The van der Waals surface area contributed by atoms with Crippen molar-refractivity contribution in [1.82, 2.24) is 0 Å². The van der Waals surface area contributed by atoms with E-state index in [0.29, 0.717) is 16.7 Å². The summed E-state index contributed by atoms with van der Waals surface area (Å²) >= 11 is 0. The third-order valence-electron chi connectivity index (χ3n) is 7.45. The Labute approximate surface area is 172 Å². The van der Waals surface area contributed by atoms with Crippen LogP contribution in [0.25, 0.3) is 0 Å². The van der Waals surface area contributed by atoms with Crippen LogP contribution in [0, 0.1) is 22.7 Å². The molecule has 1 saturated carbocycles.